The number of nitrogens with one attached hydrogen (secondary N) is 2. The van der Waals surface area contributed by atoms with Gasteiger partial charge in [-0.2, -0.15) is 0 Å². The maximum absolute atomic E-state index is 12.2. The molecule has 3 N–H and O–H groups in total. The first-order valence-electron chi connectivity index (χ1n) is 7.38. The number of carbonyl (C=O) groups excluding carboxylic acids is 1. The van der Waals surface area contributed by atoms with E-state index in [9.17, 15) is 14.7 Å². The molecular formula is C17H19N3O4. The highest BCUT2D eigenvalue weighted by Crippen LogP contribution is 2.20. The van der Waals surface area contributed by atoms with Crippen LogP contribution in [0.25, 0.3) is 0 Å². The van der Waals surface area contributed by atoms with Gasteiger partial charge >= 0.3 is 0 Å². The summed E-state index contributed by atoms with van der Waals surface area (Å²) in [7, 11) is 1.57. The van der Waals surface area contributed by atoms with Crippen LogP contribution in [0.15, 0.2) is 41.7 Å². The third kappa shape index (κ3) is 4.45. The van der Waals surface area contributed by atoms with Crippen molar-refractivity contribution < 1.29 is 14.6 Å². The molecule has 0 saturated heterocycles. The molecule has 0 spiro atoms. The van der Waals surface area contributed by atoms with E-state index in [1.165, 1.54) is 0 Å². The molecule has 2 aromatic rings. The summed E-state index contributed by atoms with van der Waals surface area (Å²) in [4.78, 5) is 29.7. The van der Waals surface area contributed by atoms with Crippen molar-refractivity contribution in [3.8, 4) is 11.6 Å². The molecule has 1 aromatic heterocycles. The Hall–Kier alpha value is -3.09. The largest absolute Gasteiger partial charge is 0.496 e. The normalized spacial score (nSPS) is 10.2. The highest BCUT2D eigenvalue weighted by Gasteiger charge is 2.10. The Morgan fingerprint density at radius 1 is 1.46 bits per heavy atom. The van der Waals surface area contributed by atoms with Crippen molar-refractivity contribution in [2.75, 3.05) is 13.7 Å². The zero-order valence-corrected chi connectivity index (χ0v) is 13.3. The van der Waals surface area contributed by atoms with Crippen LogP contribution in [-0.4, -0.2) is 34.6 Å². The van der Waals surface area contributed by atoms with Gasteiger partial charge in [-0.25, -0.2) is 4.98 Å². The van der Waals surface area contributed by atoms with Gasteiger partial charge in [0, 0.05) is 18.5 Å². The molecule has 0 aliphatic rings. The Morgan fingerprint density at radius 2 is 2.25 bits per heavy atom. The maximum Gasteiger partial charge on any atom is 0.254 e. The van der Waals surface area contributed by atoms with E-state index in [-0.39, 0.29) is 18.3 Å². The molecule has 0 aliphatic heterocycles. The number of aromatic amines is 1. The van der Waals surface area contributed by atoms with Crippen molar-refractivity contribution in [1.82, 2.24) is 15.3 Å². The molecule has 0 radical (unpaired) electrons. The smallest absolute Gasteiger partial charge is 0.254 e. The van der Waals surface area contributed by atoms with Crippen LogP contribution in [-0.2, 0) is 12.8 Å². The topological polar surface area (TPSA) is 104 Å². The lowest BCUT2D eigenvalue weighted by Crippen LogP contribution is -2.26. The first-order chi connectivity index (χ1) is 11.5. The highest BCUT2D eigenvalue weighted by atomic mass is 16.5. The fraction of sp³-hybridized carbons (Fsp3) is 0.235. The van der Waals surface area contributed by atoms with Crippen LogP contribution in [0.4, 0.5) is 0 Å². The van der Waals surface area contributed by atoms with E-state index in [0.717, 1.165) is 11.6 Å². The monoisotopic (exact) mass is 329 g/mol. The lowest BCUT2D eigenvalue weighted by molar-refractivity contribution is 0.0954. The minimum absolute atomic E-state index is 0.245. The second-order valence-electron chi connectivity index (χ2n) is 5.08. The quantitative estimate of drug-likeness (QED) is 0.662. The number of allylic oxidation sites excluding steroid dienone is 1. The molecule has 2 rings (SSSR count). The number of aromatic hydroxyl groups is 1. The third-order valence-electron chi connectivity index (χ3n) is 3.33. The van der Waals surface area contributed by atoms with Crippen molar-refractivity contribution in [1.29, 1.82) is 0 Å². The second-order valence-corrected chi connectivity index (χ2v) is 5.08. The van der Waals surface area contributed by atoms with E-state index in [1.807, 2.05) is 0 Å². The minimum atomic E-state index is -0.437. The average molecular weight is 329 g/mol. The summed E-state index contributed by atoms with van der Waals surface area (Å²) < 4.78 is 5.25. The van der Waals surface area contributed by atoms with Gasteiger partial charge < -0.3 is 20.1 Å². The zero-order valence-electron chi connectivity index (χ0n) is 13.3. The molecule has 1 heterocycles. The van der Waals surface area contributed by atoms with Crippen molar-refractivity contribution in [2.45, 2.75) is 12.8 Å². The first kappa shape index (κ1) is 17.3. The molecule has 0 atom stereocenters. The van der Waals surface area contributed by atoms with Gasteiger partial charge in [-0.05, 0) is 30.2 Å². The van der Waals surface area contributed by atoms with Crippen molar-refractivity contribution in [3.63, 3.8) is 0 Å². The zero-order chi connectivity index (χ0) is 17.5. The molecular weight excluding hydrogens is 310 g/mol. The molecule has 1 aromatic carbocycles. The highest BCUT2D eigenvalue weighted by molar-refractivity contribution is 5.94. The average Bonchev–Trinajstić information content (AvgIpc) is 2.54. The number of methoxy groups -OCH3 is 1. The number of nitrogens with zero attached hydrogens (tertiary/aromatic N) is 1. The Balaban J connectivity index is 2.00. The molecule has 0 saturated carbocycles. The number of H-pyrrole nitrogens is 1. The Labute approximate surface area is 139 Å². The number of rotatable bonds is 7. The standard InChI is InChI=1S/C17H19N3O4/c1-3-4-11-9-12(5-6-13(11)24-2)17(23)18-8-7-14-19-15(21)10-16(22)20-14/h3,5-6,9-10H,1,4,7-8H2,2H3,(H,18,23)(H2,19,20,21,22). The van der Waals surface area contributed by atoms with Gasteiger partial charge in [-0.1, -0.05) is 6.08 Å². The van der Waals surface area contributed by atoms with Crippen molar-refractivity contribution in [2.24, 2.45) is 0 Å². The number of ether oxygens (including phenoxy) is 1. The van der Waals surface area contributed by atoms with Crippen LogP contribution in [0.2, 0.25) is 0 Å². The summed E-state index contributed by atoms with van der Waals surface area (Å²) in [6.45, 7) is 3.96. The number of carbonyl (C=O) groups is 1. The lowest BCUT2D eigenvalue weighted by atomic mass is 10.1. The van der Waals surface area contributed by atoms with Crippen LogP contribution in [0.5, 0.6) is 11.6 Å². The van der Waals surface area contributed by atoms with E-state index in [1.54, 1.807) is 31.4 Å². The van der Waals surface area contributed by atoms with Crippen LogP contribution < -0.4 is 15.6 Å². The summed E-state index contributed by atoms with van der Waals surface area (Å²) in [6, 6.07) is 6.15. The fourth-order valence-corrected chi connectivity index (χ4v) is 2.24. The summed E-state index contributed by atoms with van der Waals surface area (Å²) >= 11 is 0. The van der Waals surface area contributed by atoms with Gasteiger partial charge in [-0.15, -0.1) is 6.58 Å². The molecule has 0 aliphatic carbocycles. The van der Waals surface area contributed by atoms with E-state index >= 15 is 0 Å². The van der Waals surface area contributed by atoms with Gasteiger partial charge in [0.25, 0.3) is 11.5 Å². The summed E-state index contributed by atoms with van der Waals surface area (Å²) in [5, 5.41) is 12.0. The molecule has 126 valence electrons. The Kier molecular flexibility index (Phi) is 5.73. The van der Waals surface area contributed by atoms with Gasteiger partial charge in [0.15, 0.2) is 0 Å². The predicted molar refractivity (Wildman–Crippen MR) is 89.5 cm³/mol. The van der Waals surface area contributed by atoms with E-state index < -0.39 is 5.56 Å². The number of hydrogen-bond donors (Lipinski definition) is 3. The number of hydrogen-bond acceptors (Lipinski definition) is 5. The summed E-state index contributed by atoms with van der Waals surface area (Å²) in [5.41, 5.74) is 0.942. The van der Waals surface area contributed by atoms with Gasteiger partial charge in [0.2, 0.25) is 5.88 Å². The maximum atomic E-state index is 12.2. The fourth-order valence-electron chi connectivity index (χ4n) is 2.24. The lowest BCUT2D eigenvalue weighted by Gasteiger charge is -2.10. The van der Waals surface area contributed by atoms with Crippen LogP contribution in [0, 0.1) is 0 Å². The second kappa shape index (κ2) is 7.96. The predicted octanol–water partition coefficient (Wildman–Crippen LogP) is 1.19. The number of aromatic nitrogens is 2. The van der Waals surface area contributed by atoms with Gasteiger partial charge in [0.05, 0.1) is 13.2 Å². The Morgan fingerprint density at radius 3 is 2.92 bits per heavy atom. The molecule has 7 heteroatoms. The van der Waals surface area contributed by atoms with Crippen molar-refractivity contribution in [3.05, 3.63) is 64.2 Å². The minimum Gasteiger partial charge on any atom is -0.496 e. The molecule has 0 unspecified atom stereocenters. The van der Waals surface area contributed by atoms with Crippen molar-refractivity contribution >= 4 is 5.91 Å². The third-order valence-corrected chi connectivity index (χ3v) is 3.33. The SMILES string of the molecule is C=CCc1cc(C(=O)NCCc2nc(O)cc(=O)[nH]2)ccc1OC. The van der Waals surface area contributed by atoms with Crippen LogP contribution in [0.3, 0.4) is 0 Å². The van der Waals surface area contributed by atoms with Crippen LogP contribution in [0.1, 0.15) is 21.7 Å². The summed E-state index contributed by atoms with van der Waals surface area (Å²) in [6.07, 6.45) is 2.63. The molecule has 24 heavy (non-hydrogen) atoms. The first-order valence-corrected chi connectivity index (χ1v) is 7.38. The van der Waals surface area contributed by atoms with Crippen LogP contribution >= 0.6 is 0 Å². The van der Waals surface area contributed by atoms with E-state index in [4.69, 9.17) is 4.74 Å². The molecule has 0 bridgehead atoms. The van der Waals surface area contributed by atoms with Gasteiger partial charge in [-0.3, -0.25) is 9.59 Å². The number of amides is 1. The van der Waals surface area contributed by atoms with Gasteiger partial charge in [0.1, 0.15) is 11.6 Å². The number of benzene rings is 1. The summed E-state index contributed by atoms with van der Waals surface area (Å²) in [5.74, 6) is 0.421. The Bertz CT molecular complexity index is 799. The molecule has 1 amide bonds. The molecule has 0 fully saturated rings. The van der Waals surface area contributed by atoms with E-state index in [2.05, 4.69) is 21.9 Å². The van der Waals surface area contributed by atoms with E-state index in [0.29, 0.717) is 30.0 Å². The molecule has 7 nitrogen and oxygen atoms in total.